The van der Waals surface area contributed by atoms with E-state index in [1.54, 1.807) is 0 Å². The molecule has 96 valence electrons. The zero-order valence-corrected chi connectivity index (χ0v) is 11.1. The smallest absolute Gasteiger partial charge is 0.160 e. The van der Waals surface area contributed by atoms with Crippen LogP contribution < -0.4 is 0 Å². The number of hydrogen-bond acceptors (Lipinski definition) is 3. The van der Waals surface area contributed by atoms with Crippen molar-refractivity contribution in [3.63, 3.8) is 0 Å². The Labute approximate surface area is 108 Å². The first kappa shape index (κ1) is 11.7. The molecule has 0 N–H and O–H groups in total. The van der Waals surface area contributed by atoms with Crippen molar-refractivity contribution in [2.75, 3.05) is 20.1 Å². The summed E-state index contributed by atoms with van der Waals surface area (Å²) in [5, 5.41) is 8.59. The maximum absolute atomic E-state index is 4.35. The van der Waals surface area contributed by atoms with Gasteiger partial charge in [0.05, 0.1) is 0 Å². The molecule has 1 aliphatic rings. The van der Waals surface area contributed by atoms with Crippen LogP contribution in [0.4, 0.5) is 0 Å². The maximum Gasteiger partial charge on any atom is 0.160 e. The van der Waals surface area contributed by atoms with Gasteiger partial charge in [-0.05, 0) is 57.5 Å². The molecular formula is C14H20N4. The normalized spacial score (nSPS) is 18.6. The minimum Gasteiger partial charge on any atom is -0.306 e. The highest BCUT2D eigenvalue weighted by Gasteiger charge is 2.19. The predicted octanol–water partition coefficient (Wildman–Crippen LogP) is 1.92. The van der Waals surface area contributed by atoms with E-state index in [9.17, 15) is 0 Å². The number of piperidine rings is 1. The Morgan fingerprint density at radius 1 is 1.22 bits per heavy atom. The second-order valence-corrected chi connectivity index (χ2v) is 5.50. The summed E-state index contributed by atoms with van der Waals surface area (Å²) in [5.74, 6) is 1.87. The SMILES string of the molecule is Cc1ccc2nnc(CC3CCN(C)CC3)n2c1. The lowest BCUT2D eigenvalue weighted by molar-refractivity contribution is 0.217. The third kappa shape index (κ3) is 2.25. The second kappa shape index (κ2) is 4.69. The van der Waals surface area contributed by atoms with Gasteiger partial charge in [-0.15, -0.1) is 10.2 Å². The standard InChI is InChI=1S/C14H20N4/c1-11-3-4-13-15-16-14(18(13)10-11)9-12-5-7-17(2)8-6-12/h3-4,10,12H,5-9H2,1-2H3. The van der Waals surface area contributed by atoms with Crippen molar-refractivity contribution in [3.05, 3.63) is 29.7 Å². The first-order valence-electron chi connectivity index (χ1n) is 6.71. The third-order valence-electron chi connectivity index (χ3n) is 3.93. The van der Waals surface area contributed by atoms with E-state index in [0.29, 0.717) is 0 Å². The van der Waals surface area contributed by atoms with E-state index in [2.05, 4.69) is 45.7 Å². The van der Waals surface area contributed by atoms with E-state index in [1.165, 1.54) is 31.5 Å². The summed E-state index contributed by atoms with van der Waals surface area (Å²) in [7, 11) is 2.20. The number of likely N-dealkylation sites (tertiary alicyclic amines) is 1. The molecule has 4 heteroatoms. The van der Waals surface area contributed by atoms with Crippen LogP contribution in [0.1, 0.15) is 24.2 Å². The summed E-state index contributed by atoms with van der Waals surface area (Å²) >= 11 is 0. The lowest BCUT2D eigenvalue weighted by Gasteiger charge is -2.28. The monoisotopic (exact) mass is 244 g/mol. The Morgan fingerprint density at radius 2 is 2.00 bits per heavy atom. The van der Waals surface area contributed by atoms with Gasteiger partial charge in [-0.25, -0.2) is 0 Å². The summed E-state index contributed by atoms with van der Waals surface area (Å²) in [4.78, 5) is 2.41. The van der Waals surface area contributed by atoms with Crippen molar-refractivity contribution < 1.29 is 0 Å². The van der Waals surface area contributed by atoms with Crippen LogP contribution in [0.15, 0.2) is 18.3 Å². The molecule has 0 unspecified atom stereocenters. The molecule has 0 aromatic carbocycles. The van der Waals surface area contributed by atoms with Crippen LogP contribution in [0.5, 0.6) is 0 Å². The molecule has 0 bridgehead atoms. The van der Waals surface area contributed by atoms with Crippen molar-refractivity contribution in [2.45, 2.75) is 26.2 Å². The number of pyridine rings is 1. The molecule has 0 amide bonds. The third-order valence-corrected chi connectivity index (χ3v) is 3.93. The van der Waals surface area contributed by atoms with Gasteiger partial charge < -0.3 is 4.90 Å². The molecule has 4 nitrogen and oxygen atoms in total. The number of nitrogens with zero attached hydrogens (tertiary/aromatic N) is 4. The van der Waals surface area contributed by atoms with Crippen molar-refractivity contribution in [1.29, 1.82) is 0 Å². The van der Waals surface area contributed by atoms with Gasteiger partial charge in [0.2, 0.25) is 0 Å². The van der Waals surface area contributed by atoms with Crippen LogP contribution in [-0.2, 0) is 6.42 Å². The topological polar surface area (TPSA) is 33.4 Å². The van der Waals surface area contributed by atoms with Gasteiger partial charge in [-0.3, -0.25) is 4.40 Å². The van der Waals surface area contributed by atoms with Gasteiger partial charge >= 0.3 is 0 Å². The molecule has 2 aromatic heterocycles. The highest BCUT2D eigenvalue weighted by molar-refractivity contribution is 5.39. The van der Waals surface area contributed by atoms with E-state index >= 15 is 0 Å². The molecule has 0 spiro atoms. The van der Waals surface area contributed by atoms with Gasteiger partial charge in [-0.2, -0.15) is 0 Å². The Kier molecular flexibility index (Phi) is 3.04. The average Bonchev–Trinajstić information content (AvgIpc) is 2.75. The molecule has 1 fully saturated rings. The molecule has 0 saturated carbocycles. The van der Waals surface area contributed by atoms with Gasteiger partial charge in [0.15, 0.2) is 5.65 Å². The van der Waals surface area contributed by atoms with Crippen molar-refractivity contribution >= 4 is 5.65 Å². The van der Waals surface area contributed by atoms with E-state index in [0.717, 1.165) is 23.8 Å². The fourth-order valence-electron chi connectivity index (χ4n) is 2.71. The van der Waals surface area contributed by atoms with Crippen LogP contribution in [0.3, 0.4) is 0 Å². The van der Waals surface area contributed by atoms with E-state index in [-0.39, 0.29) is 0 Å². The fraction of sp³-hybridized carbons (Fsp3) is 0.571. The Balaban J connectivity index is 1.80. The van der Waals surface area contributed by atoms with Gasteiger partial charge in [0.1, 0.15) is 5.82 Å². The molecule has 0 atom stereocenters. The van der Waals surface area contributed by atoms with Crippen molar-refractivity contribution in [3.8, 4) is 0 Å². The number of aryl methyl sites for hydroxylation is 1. The van der Waals surface area contributed by atoms with Gasteiger partial charge in [-0.1, -0.05) is 6.07 Å². The molecular weight excluding hydrogens is 224 g/mol. The minimum absolute atomic E-state index is 0.758. The van der Waals surface area contributed by atoms with Gasteiger partial charge in [0.25, 0.3) is 0 Å². The summed E-state index contributed by atoms with van der Waals surface area (Å²) in [6.45, 7) is 4.53. The lowest BCUT2D eigenvalue weighted by atomic mass is 9.93. The summed E-state index contributed by atoms with van der Waals surface area (Å²) < 4.78 is 2.15. The quantitative estimate of drug-likeness (QED) is 0.809. The number of rotatable bonds is 2. The first-order chi connectivity index (χ1) is 8.72. The Morgan fingerprint density at radius 3 is 2.78 bits per heavy atom. The highest BCUT2D eigenvalue weighted by atomic mass is 15.2. The largest absolute Gasteiger partial charge is 0.306 e. The van der Waals surface area contributed by atoms with Crippen molar-refractivity contribution in [1.82, 2.24) is 19.5 Å². The minimum atomic E-state index is 0.758. The number of aromatic nitrogens is 3. The molecule has 1 saturated heterocycles. The number of hydrogen-bond donors (Lipinski definition) is 0. The highest BCUT2D eigenvalue weighted by Crippen LogP contribution is 2.20. The first-order valence-corrected chi connectivity index (χ1v) is 6.71. The summed E-state index contributed by atoms with van der Waals surface area (Å²) in [6, 6.07) is 4.13. The lowest BCUT2D eigenvalue weighted by Crippen LogP contribution is -2.31. The molecule has 3 rings (SSSR count). The van der Waals surface area contributed by atoms with Gasteiger partial charge in [0, 0.05) is 12.6 Å². The predicted molar refractivity (Wildman–Crippen MR) is 71.6 cm³/mol. The fourth-order valence-corrected chi connectivity index (χ4v) is 2.71. The molecule has 3 heterocycles. The van der Waals surface area contributed by atoms with Crippen LogP contribution in [0.25, 0.3) is 5.65 Å². The molecule has 0 aliphatic carbocycles. The summed E-state index contributed by atoms with van der Waals surface area (Å²) in [5.41, 5.74) is 2.22. The van der Waals surface area contributed by atoms with Crippen LogP contribution in [0.2, 0.25) is 0 Å². The molecule has 2 aromatic rings. The van der Waals surface area contributed by atoms with E-state index < -0.39 is 0 Å². The Bertz CT molecular complexity index is 538. The van der Waals surface area contributed by atoms with Crippen LogP contribution in [-0.4, -0.2) is 39.6 Å². The van der Waals surface area contributed by atoms with E-state index in [1.807, 2.05) is 6.07 Å². The maximum atomic E-state index is 4.35. The van der Waals surface area contributed by atoms with Crippen LogP contribution >= 0.6 is 0 Å². The van der Waals surface area contributed by atoms with E-state index in [4.69, 9.17) is 0 Å². The van der Waals surface area contributed by atoms with Crippen molar-refractivity contribution in [2.24, 2.45) is 5.92 Å². The summed E-state index contributed by atoms with van der Waals surface area (Å²) in [6.07, 6.45) is 5.74. The van der Waals surface area contributed by atoms with Crippen LogP contribution in [0, 0.1) is 12.8 Å². The second-order valence-electron chi connectivity index (χ2n) is 5.50. The average molecular weight is 244 g/mol. The zero-order chi connectivity index (χ0) is 12.5. The Hall–Kier alpha value is -1.42. The zero-order valence-electron chi connectivity index (χ0n) is 11.1. The molecule has 0 radical (unpaired) electrons. The number of fused-ring (bicyclic) bond motifs is 1. The molecule has 1 aliphatic heterocycles. The molecule has 18 heavy (non-hydrogen) atoms.